The number of amidine groups is 1. The van der Waals surface area contributed by atoms with E-state index >= 15 is 0 Å². The van der Waals surface area contributed by atoms with Crippen LogP contribution in [-0.2, 0) is 0 Å². The average molecular weight is 475 g/mol. The van der Waals surface area contributed by atoms with Gasteiger partial charge in [0.05, 0.1) is 6.61 Å². The van der Waals surface area contributed by atoms with Crippen LogP contribution in [-0.4, -0.2) is 30.4 Å². The minimum atomic E-state index is 0. The number of hydrogen-bond donors (Lipinski definition) is 1. The van der Waals surface area contributed by atoms with Crippen molar-refractivity contribution in [3.8, 4) is 5.75 Å². The van der Waals surface area contributed by atoms with Crippen molar-refractivity contribution in [3.05, 3.63) is 42.0 Å². The molecule has 0 aliphatic rings. The predicted octanol–water partition coefficient (Wildman–Crippen LogP) is 9.01. The summed E-state index contributed by atoms with van der Waals surface area (Å²) in [5, 5.41) is 11.1. The number of rotatable bonds is 17. The van der Waals surface area contributed by atoms with E-state index in [1.54, 1.807) is 0 Å². The molecule has 0 atom stereocenters. The molecule has 0 aliphatic heterocycles. The van der Waals surface area contributed by atoms with Crippen LogP contribution in [0.15, 0.2) is 36.4 Å². The van der Waals surface area contributed by atoms with Gasteiger partial charge < -0.3 is 9.64 Å². The van der Waals surface area contributed by atoms with Crippen molar-refractivity contribution in [1.82, 2.24) is 4.90 Å². The summed E-state index contributed by atoms with van der Waals surface area (Å²) in [6, 6.07) is 12.5. The van der Waals surface area contributed by atoms with Crippen LogP contribution < -0.4 is 4.74 Å². The first-order valence-corrected chi connectivity index (χ1v) is 13.2. The van der Waals surface area contributed by atoms with Gasteiger partial charge >= 0.3 is 0 Å². The van der Waals surface area contributed by atoms with Gasteiger partial charge in [-0.05, 0) is 36.8 Å². The normalized spacial score (nSPS) is 10.8. The molecule has 0 bridgehead atoms. The zero-order chi connectivity index (χ0) is 23.0. The Morgan fingerprint density at radius 2 is 1.24 bits per heavy atom. The highest BCUT2D eigenvalue weighted by Gasteiger charge is 2.15. The molecule has 0 unspecified atom stereocenters. The van der Waals surface area contributed by atoms with Gasteiger partial charge in [0.1, 0.15) is 11.6 Å². The molecular weight excluding hydrogens is 428 g/mol. The molecule has 0 aliphatic carbocycles. The fourth-order valence-corrected chi connectivity index (χ4v) is 4.42. The highest BCUT2D eigenvalue weighted by Crippen LogP contribution is 2.29. The lowest BCUT2D eigenvalue weighted by Crippen LogP contribution is -2.32. The Kier molecular flexibility index (Phi) is 15.7. The molecule has 2 rings (SSSR count). The maximum Gasteiger partial charge on any atom is 0.128 e. The van der Waals surface area contributed by atoms with Crippen molar-refractivity contribution in [1.29, 1.82) is 5.41 Å². The second kappa shape index (κ2) is 17.7. The maximum absolute atomic E-state index is 8.83. The summed E-state index contributed by atoms with van der Waals surface area (Å²) >= 11 is 0. The Morgan fingerprint density at radius 1 is 0.697 bits per heavy atom. The first-order valence-electron chi connectivity index (χ1n) is 13.2. The van der Waals surface area contributed by atoms with E-state index in [0.29, 0.717) is 5.84 Å². The predicted molar refractivity (Wildman–Crippen MR) is 148 cm³/mol. The molecule has 2 aromatic carbocycles. The molecule has 33 heavy (non-hydrogen) atoms. The molecule has 3 nitrogen and oxygen atoms in total. The van der Waals surface area contributed by atoms with Crippen molar-refractivity contribution >= 4 is 29.0 Å². The van der Waals surface area contributed by atoms with Crippen LogP contribution in [0, 0.1) is 5.41 Å². The topological polar surface area (TPSA) is 36.3 Å². The van der Waals surface area contributed by atoms with E-state index < -0.39 is 0 Å². The van der Waals surface area contributed by atoms with E-state index in [-0.39, 0.29) is 12.4 Å². The summed E-state index contributed by atoms with van der Waals surface area (Å²) in [5.74, 6) is 1.58. The standard InChI is InChI=1S/C29H46N2O.ClH/c1-4-7-8-9-10-11-12-13-14-17-24-32-28-21-20-27(25-18-15-16-19-26(25)28)29(30)31(22-5-2)23-6-3;/h15-16,18-21,30H,4-14,17,22-24H2,1-3H3;1H. The zero-order valence-corrected chi connectivity index (χ0v) is 22.2. The van der Waals surface area contributed by atoms with Crippen LogP contribution >= 0.6 is 12.4 Å². The first kappa shape index (κ1) is 29.3. The van der Waals surface area contributed by atoms with Crippen molar-refractivity contribution in [2.24, 2.45) is 0 Å². The van der Waals surface area contributed by atoms with Gasteiger partial charge in [0.15, 0.2) is 0 Å². The van der Waals surface area contributed by atoms with Gasteiger partial charge in [-0.1, -0.05) is 103 Å². The van der Waals surface area contributed by atoms with Crippen molar-refractivity contribution in [2.75, 3.05) is 19.7 Å². The van der Waals surface area contributed by atoms with E-state index in [0.717, 1.165) is 61.0 Å². The van der Waals surface area contributed by atoms with E-state index in [9.17, 15) is 0 Å². The lowest BCUT2D eigenvalue weighted by molar-refractivity contribution is 0.307. The molecule has 2 aromatic rings. The van der Waals surface area contributed by atoms with Crippen LogP contribution in [0.25, 0.3) is 10.8 Å². The lowest BCUT2D eigenvalue weighted by atomic mass is 10.0. The third kappa shape index (κ3) is 9.96. The summed E-state index contributed by atoms with van der Waals surface area (Å²) in [6.45, 7) is 9.27. The van der Waals surface area contributed by atoms with Crippen LogP contribution in [0.4, 0.5) is 0 Å². The van der Waals surface area contributed by atoms with Gasteiger partial charge in [0.25, 0.3) is 0 Å². The summed E-state index contributed by atoms with van der Waals surface area (Å²) in [6.07, 6.45) is 15.5. The minimum absolute atomic E-state index is 0. The Balaban J connectivity index is 0.00000544. The van der Waals surface area contributed by atoms with Gasteiger partial charge in [0, 0.05) is 24.0 Å². The second-order valence-corrected chi connectivity index (χ2v) is 9.02. The number of unbranched alkanes of at least 4 members (excludes halogenated alkanes) is 9. The summed E-state index contributed by atoms with van der Waals surface area (Å²) in [5.41, 5.74) is 1.01. The number of nitrogens with zero attached hydrogens (tertiary/aromatic N) is 1. The summed E-state index contributed by atoms with van der Waals surface area (Å²) in [4.78, 5) is 2.20. The van der Waals surface area contributed by atoms with Crippen LogP contribution in [0.5, 0.6) is 5.75 Å². The summed E-state index contributed by atoms with van der Waals surface area (Å²) in [7, 11) is 0. The molecule has 0 aromatic heterocycles. The fourth-order valence-electron chi connectivity index (χ4n) is 4.42. The van der Waals surface area contributed by atoms with Gasteiger partial charge in [0.2, 0.25) is 0 Å². The highest BCUT2D eigenvalue weighted by molar-refractivity contribution is 6.09. The van der Waals surface area contributed by atoms with E-state index in [4.69, 9.17) is 10.1 Å². The average Bonchev–Trinajstić information content (AvgIpc) is 2.82. The number of benzene rings is 2. The van der Waals surface area contributed by atoms with E-state index in [1.165, 1.54) is 57.8 Å². The number of ether oxygens (including phenoxy) is 1. The lowest BCUT2D eigenvalue weighted by Gasteiger charge is -2.25. The molecule has 0 fully saturated rings. The quantitative estimate of drug-likeness (QED) is 0.141. The van der Waals surface area contributed by atoms with Crippen molar-refractivity contribution < 1.29 is 4.74 Å². The Morgan fingerprint density at radius 3 is 1.82 bits per heavy atom. The number of halogens is 1. The SMILES string of the molecule is CCCCCCCCCCCCOc1ccc(C(=N)N(CCC)CCC)c2ccccc12.Cl. The smallest absolute Gasteiger partial charge is 0.128 e. The number of fused-ring (bicyclic) bond motifs is 1. The van der Waals surface area contributed by atoms with Crippen molar-refractivity contribution in [3.63, 3.8) is 0 Å². The molecule has 0 saturated heterocycles. The molecule has 0 amide bonds. The zero-order valence-electron chi connectivity index (χ0n) is 21.3. The molecule has 0 radical (unpaired) electrons. The van der Waals surface area contributed by atoms with Crippen LogP contribution in [0.3, 0.4) is 0 Å². The van der Waals surface area contributed by atoms with Gasteiger partial charge in [-0.15, -0.1) is 12.4 Å². The largest absolute Gasteiger partial charge is 0.493 e. The second-order valence-electron chi connectivity index (χ2n) is 9.02. The molecule has 186 valence electrons. The molecule has 0 spiro atoms. The number of hydrogen-bond acceptors (Lipinski definition) is 2. The Hall–Kier alpha value is -1.74. The molecule has 0 saturated carbocycles. The van der Waals surface area contributed by atoms with Gasteiger partial charge in [-0.3, -0.25) is 5.41 Å². The van der Waals surface area contributed by atoms with Gasteiger partial charge in [-0.2, -0.15) is 0 Å². The Labute approximate surface area is 209 Å². The minimum Gasteiger partial charge on any atom is -0.493 e. The number of nitrogens with one attached hydrogen (secondary N) is 1. The Bertz CT molecular complexity index is 786. The van der Waals surface area contributed by atoms with Crippen LogP contribution in [0.2, 0.25) is 0 Å². The molecular formula is C29H47ClN2O. The summed E-state index contributed by atoms with van der Waals surface area (Å²) < 4.78 is 6.20. The fraction of sp³-hybridized carbons (Fsp3) is 0.621. The third-order valence-corrected chi connectivity index (χ3v) is 6.20. The molecule has 4 heteroatoms. The van der Waals surface area contributed by atoms with Crippen LogP contribution in [0.1, 0.15) is 103 Å². The van der Waals surface area contributed by atoms with E-state index in [1.807, 2.05) is 0 Å². The monoisotopic (exact) mass is 474 g/mol. The molecule has 1 N–H and O–H groups in total. The van der Waals surface area contributed by atoms with Gasteiger partial charge in [-0.25, -0.2) is 0 Å². The maximum atomic E-state index is 8.83. The van der Waals surface area contributed by atoms with E-state index in [2.05, 4.69) is 62.1 Å². The first-order chi connectivity index (χ1) is 15.7. The third-order valence-electron chi connectivity index (χ3n) is 6.20. The molecule has 0 heterocycles. The van der Waals surface area contributed by atoms with Crippen molar-refractivity contribution in [2.45, 2.75) is 97.8 Å². The highest BCUT2D eigenvalue weighted by atomic mass is 35.5.